The van der Waals surface area contributed by atoms with E-state index in [1.165, 1.54) is 0 Å². The Morgan fingerprint density at radius 2 is 1.64 bits per heavy atom. The number of carbonyl (C=O) groups is 1. The number of benzene rings is 2. The molecule has 0 fully saturated rings. The van der Waals surface area contributed by atoms with Gasteiger partial charge in [0.05, 0.1) is 0 Å². The van der Waals surface area contributed by atoms with Crippen LogP contribution in [0.1, 0.15) is 10.4 Å². The van der Waals surface area contributed by atoms with Crippen LogP contribution in [0, 0.1) is 0 Å². The van der Waals surface area contributed by atoms with Gasteiger partial charge in [0.15, 0.2) is 23.0 Å². The maximum absolute atomic E-state index is 11.5. The fourth-order valence-corrected chi connectivity index (χ4v) is 2.43. The molecule has 2 aliphatic rings. The first-order valence-electron chi connectivity index (χ1n) is 6.36. The Bertz CT molecular complexity index is 762. The van der Waals surface area contributed by atoms with Crippen molar-refractivity contribution in [2.45, 2.75) is 0 Å². The molecule has 22 heavy (non-hydrogen) atoms. The third kappa shape index (κ3) is 2.17. The molecule has 0 saturated heterocycles. The SMILES string of the molecule is Cl.NC(=O)c1cc2c(c(-c3ccc4c(c3)OCO4)c1)OCO2. The van der Waals surface area contributed by atoms with Crippen molar-refractivity contribution in [3.8, 4) is 34.1 Å². The smallest absolute Gasteiger partial charge is 0.248 e. The summed E-state index contributed by atoms with van der Waals surface area (Å²) in [5.74, 6) is 1.94. The lowest BCUT2D eigenvalue weighted by Crippen LogP contribution is -2.10. The molecule has 1 amide bonds. The average molecular weight is 322 g/mol. The van der Waals surface area contributed by atoms with Crippen LogP contribution in [0.3, 0.4) is 0 Å². The second kappa shape index (κ2) is 5.31. The summed E-state index contributed by atoms with van der Waals surface area (Å²) in [6, 6.07) is 8.80. The fraction of sp³-hybridized carbons (Fsp3) is 0.133. The Balaban J connectivity index is 0.00000144. The van der Waals surface area contributed by atoms with Crippen molar-refractivity contribution >= 4 is 18.3 Å². The second-order valence-corrected chi connectivity index (χ2v) is 4.69. The Morgan fingerprint density at radius 1 is 0.909 bits per heavy atom. The van der Waals surface area contributed by atoms with Gasteiger partial charge in [0.25, 0.3) is 0 Å². The van der Waals surface area contributed by atoms with Crippen molar-refractivity contribution in [2.75, 3.05) is 13.6 Å². The molecule has 0 aliphatic carbocycles. The van der Waals surface area contributed by atoms with Crippen molar-refractivity contribution in [1.29, 1.82) is 0 Å². The molecule has 2 N–H and O–H groups in total. The minimum absolute atomic E-state index is 0. The van der Waals surface area contributed by atoms with E-state index in [4.69, 9.17) is 24.7 Å². The van der Waals surface area contributed by atoms with Crippen LogP contribution < -0.4 is 24.7 Å². The van der Waals surface area contributed by atoms with Crippen LogP contribution in [0.15, 0.2) is 30.3 Å². The highest BCUT2D eigenvalue weighted by Crippen LogP contribution is 2.44. The zero-order valence-corrected chi connectivity index (χ0v) is 12.1. The number of hydrogen-bond acceptors (Lipinski definition) is 5. The molecule has 0 saturated carbocycles. The predicted octanol–water partition coefficient (Wildman–Crippen LogP) is 2.33. The summed E-state index contributed by atoms with van der Waals surface area (Å²) in [7, 11) is 0. The Morgan fingerprint density at radius 3 is 2.45 bits per heavy atom. The standard InChI is InChI=1S/C15H11NO5.ClH/c16-15(17)9-3-10(14-13(5-9)20-7-21-14)8-1-2-11-12(4-8)19-6-18-11;/h1-5H,6-7H2,(H2,16,17);1H. The Kier molecular flexibility index (Phi) is 3.46. The summed E-state index contributed by atoms with van der Waals surface area (Å²) in [6.45, 7) is 0.326. The number of nitrogens with two attached hydrogens (primary N) is 1. The Labute approximate surface area is 132 Å². The van der Waals surface area contributed by atoms with E-state index in [1.54, 1.807) is 12.1 Å². The van der Waals surface area contributed by atoms with E-state index in [0.717, 1.165) is 11.1 Å². The molecule has 4 rings (SSSR count). The summed E-state index contributed by atoms with van der Waals surface area (Å²) in [4.78, 5) is 11.5. The monoisotopic (exact) mass is 321 g/mol. The zero-order valence-electron chi connectivity index (χ0n) is 11.3. The molecule has 2 heterocycles. The maximum atomic E-state index is 11.5. The fourth-order valence-electron chi connectivity index (χ4n) is 2.43. The lowest BCUT2D eigenvalue weighted by molar-refractivity contribution is 0.1000. The minimum atomic E-state index is -0.518. The third-order valence-corrected chi connectivity index (χ3v) is 3.44. The normalized spacial score (nSPS) is 13.6. The van der Waals surface area contributed by atoms with Crippen LogP contribution in [0.5, 0.6) is 23.0 Å². The number of primary amides is 1. The van der Waals surface area contributed by atoms with E-state index in [9.17, 15) is 4.79 Å². The average Bonchev–Trinajstić information content (AvgIpc) is 3.13. The van der Waals surface area contributed by atoms with E-state index in [1.807, 2.05) is 18.2 Å². The molecule has 2 aliphatic heterocycles. The first kappa shape index (κ1) is 14.3. The summed E-state index contributed by atoms with van der Waals surface area (Å²) in [5.41, 5.74) is 7.30. The first-order chi connectivity index (χ1) is 10.2. The van der Waals surface area contributed by atoms with Gasteiger partial charge in [-0.1, -0.05) is 6.07 Å². The topological polar surface area (TPSA) is 80.0 Å². The molecular formula is C15H12ClNO5. The van der Waals surface area contributed by atoms with E-state index in [0.29, 0.717) is 28.6 Å². The molecule has 2 aromatic carbocycles. The molecule has 0 spiro atoms. The van der Waals surface area contributed by atoms with Crippen LogP contribution in [0.4, 0.5) is 0 Å². The molecule has 0 bridgehead atoms. The highest BCUT2D eigenvalue weighted by molar-refractivity contribution is 5.96. The molecule has 0 radical (unpaired) electrons. The lowest BCUT2D eigenvalue weighted by atomic mass is 10.0. The highest BCUT2D eigenvalue weighted by atomic mass is 35.5. The van der Waals surface area contributed by atoms with Crippen LogP contribution in [-0.4, -0.2) is 19.5 Å². The number of fused-ring (bicyclic) bond motifs is 2. The van der Waals surface area contributed by atoms with Gasteiger partial charge in [-0.2, -0.15) is 0 Å². The van der Waals surface area contributed by atoms with Crippen LogP contribution in [0.2, 0.25) is 0 Å². The van der Waals surface area contributed by atoms with Crippen molar-refractivity contribution in [3.63, 3.8) is 0 Å². The van der Waals surface area contributed by atoms with Gasteiger partial charge in [-0.15, -0.1) is 12.4 Å². The molecule has 114 valence electrons. The van der Waals surface area contributed by atoms with Gasteiger partial charge in [0.2, 0.25) is 19.5 Å². The summed E-state index contributed by atoms with van der Waals surface area (Å²) in [5, 5.41) is 0. The van der Waals surface area contributed by atoms with Gasteiger partial charge < -0.3 is 24.7 Å². The predicted molar refractivity (Wildman–Crippen MR) is 79.9 cm³/mol. The summed E-state index contributed by atoms with van der Waals surface area (Å²) >= 11 is 0. The maximum Gasteiger partial charge on any atom is 0.248 e. The molecule has 0 aromatic heterocycles. The van der Waals surface area contributed by atoms with Gasteiger partial charge in [0.1, 0.15) is 0 Å². The zero-order chi connectivity index (χ0) is 14.4. The number of ether oxygens (including phenoxy) is 4. The molecule has 2 aromatic rings. The molecule has 0 unspecified atom stereocenters. The van der Waals surface area contributed by atoms with Gasteiger partial charge in [-0.05, 0) is 29.8 Å². The van der Waals surface area contributed by atoms with Crippen molar-refractivity contribution in [3.05, 3.63) is 35.9 Å². The second-order valence-electron chi connectivity index (χ2n) is 4.69. The molecule has 6 nitrogen and oxygen atoms in total. The van der Waals surface area contributed by atoms with Crippen molar-refractivity contribution in [1.82, 2.24) is 0 Å². The van der Waals surface area contributed by atoms with Crippen LogP contribution >= 0.6 is 12.4 Å². The summed E-state index contributed by atoms with van der Waals surface area (Å²) in [6.07, 6.45) is 0. The van der Waals surface area contributed by atoms with E-state index in [2.05, 4.69) is 0 Å². The number of carbonyl (C=O) groups excluding carboxylic acids is 1. The molecular weight excluding hydrogens is 310 g/mol. The van der Waals surface area contributed by atoms with E-state index >= 15 is 0 Å². The third-order valence-electron chi connectivity index (χ3n) is 3.44. The molecule has 0 atom stereocenters. The van der Waals surface area contributed by atoms with E-state index < -0.39 is 5.91 Å². The molecule has 7 heteroatoms. The summed E-state index contributed by atoms with van der Waals surface area (Å²) < 4.78 is 21.5. The van der Waals surface area contributed by atoms with Crippen molar-refractivity contribution < 1.29 is 23.7 Å². The van der Waals surface area contributed by atoms with Gasteiger partial charge in [-0.25, -0.2) is 0 Å². The Hall–Kier alpha value is -2.60. The van der Waals surface area contributed by atoms with Gasteiger partial charge in [0, 0.05) is 11.1 Å². The van der Waals surface area contributed by atoms with Gasteiger partial charge in [-0.3, -0.25) is 4.79 Å². The quantitative estimate of drug-likeness (QED) is 0.918. The number of rotatable bonds is 2. The minimum Gasteiger partial charge on any atom is -0.454 e. The largest absolute Gasteiger partial charge is 0.454 e. The van der Waals surface area contributed by atoms with E-state index in [-0.39, 0.29) is 26.0 Å². The van der Waals surface area contributed by atoms with Gasteiger partial charge >= 0.3 is 0 Å². The van der Waals surface area contributed by atoms with Crippen molar-refractivity contribution in [2.24, 2.45) is 5.73 Å². The van der Waals surface area contributed by atoms with Crippen LogP contribution in [0.25, 0.3) is 11.1 Å². The first-order valence-corrected chi connectivity index (χ1v) is 6.36. The highest BCUT2D eigenvalue weighted by Gasteiger charge is 2.23. The number of halogens is 1. The number of hydrogen-bond donors (Lipinski definition) is 1. The van der Waals surface area contributed by atoms with Crippen LogP contribution in [-0.2, 0) is 0 Å². The lowest BCUT2D eigenvalue weighted by Gasteiger charge is -2.09. The number of amides is 1.